The van der Waals surface area contributed by atoms with Crippen LogP contribution in [0.5, 0.6) is 0 Å². The summed E-state index contributed by atoms with van der Waals surface area (Å²) in [5.74, 6) is 0. The van der Waals surface area contributed by atoms with Crippen molar-refractivity contribution in [2.75, 3.05) is 0 Å². The molecule has 2 rings (SSSR count). The van der Waals surface area contributed by atoms with E-state index < -0.39 is 10.0 Å². The second-order valence-electron chi connectivity index (χ2n) is 3.84. The maximum absolute atomic E-state index is 12.0. The van der Waals surface area contributed by atoms with E-state index in [1.54, 1.807) is 18.3 Å². The fourth-order valence-corrected chi connectivity index (χ4v) is 3.06. The lowest BCUT2D eigenvalue weighted by atomic mass is 10.2. The molecule has 1 aromatic heterocycles. The third-order valence-electron chi connectivity index (χ3n) is 2.38. The second-order valence-corrected chi connectivity index (χ2v) is 5.98. The average Bonchev–Trinajstić information content (AvgIpc) is 2.78. The van der Waals surface area contributed by atoms with Crippen LogP contribution in [0.4, 0.5) is 0 Å². The molecule has 5 nitrogen and oxygen atoms in total. The van der Waals surface area contributed by atoms with Crippen molar-refractivity contribution in [1.82, 2.24) is 14.7 Å². The number of hydrogen-bond acceptors (Lipinski definition) is 3. The largest absolute Gasteiger partial charge is 0.347 e. The predicted octanol–water partition coefficient (Wildman–Crippen LogP) is 1.85. The summed E-state index contributed by atoms with van der Waals surface area (Å²) < 4.78 is 26.5. The number of aromatic amines is 1. The molecule has 0 bridgehead atoms. The van der Waals surface area contributed by atoms with Gasteiger partial charge in [0.1, 0.15) is 4.90 Å². The minimum absolute atomic E-state index is 0.0780. The van der Waals surface area contributed by atoms with E-state index in [-0.39, 0.29) is 16.5 Å². The van der Waals surface area contributed by atoms with Gasteiger partial charge in [0.2, 0.25) is 10.0 Å². The van der Waals surface area contributed by atoms with Crippen LogP contribution in [-0.4, -0.2) is 18.4 Å². The first-order valence-electron chi connectivity index (χ1n) is 5.22. The summed E-state index contributed by atoms with van der Waals surface area (Å²) in [4.78, 5) is 6.70. The first kappa shape index (κ1) is 13.1. The van der Waals surface area contributed by atoms with Crippen LogP contribution in [0.15, 0.2) is 35.6 Å². The Morgan fingerprint density at radius 1 is 1.44 bits per heavy atom. The number of nitrogens with one attached hydrogen (secondary N) is 2. The van der Waals surface area contributed by atoms with Crippen molar-refractivity contribution in [3.05, 3.63) is 47.0 Å². The first-order valence-corrected chi connectivity index (χ1v) is 7.08. The van der Waals surface area contributed by atoms with Gasteiger partial charge in [0, 0.05) is 11.9 Å². The van der Waals surface area contributed by atoms with Crippen LogP contribution in [0.2, 0.25) is 5.02 Å². The van der Waals surface area contributed by atoms with Gasteiger partial charge in [-0.05, 0) is 24.6 Å². The van der Waals surface area contributed by atoms with Crippen LogP contribution in [0.25, 0.3) is 0 Å². The Morgan fingerprint density at radius 2 is 2.22 bits per heavy atom. The SMILES string of the molecule is Cc1ccc(S(=O)(=O)NCc2cnc[nH]2)c(Cl)c1. The Morgan fingerprint density at radius 3 is 2.83 bits per heavy atom. The minimum Gasteiger partial charge on any atom is -0.347 e. The third-order valence-corrected chi connectivity index (χ3v) is 4.27. The van der Waals surface area contributed by atoms with Gasteiger partial charge in [0.05, 0.1) is 17.9 Å². The van der Waals surface area contributed by atoms with Gasteiger partial charge in [-0.15, -0.1) is 0 Å². The fourth-order valence-electron chi connectivity index (χ4n) is 1.46. The van der Waals surface area contributed by atoms with Gasteiger partial charge in [-0.25, -0.2) is 18.1 Å². The zero-order chi connectivity index (χ0) is 13.2. The van der Waals surface area contributed by atoms with Crippen molar-refractivity contribution < 1.29 is 8.42 Å². The predicted molar refractivity (Wildman–Crippen MR) is 68.8 cm³/mol. The van der Waals surface area contributed by atoms with E-state index in [1.165, 1.54) is 12.4 Å². The molecule has 7 heteroatoms. The summed E-state index contributed by atoms with van der Waals surface area (Å²) in [6, 6.07) is 4.82. The molecule has 0 spiro atoms. The van der Waals surface area contributed by atoms with Crippen LogP contribution in [0, 0.1) is 6.92 Å². The quantitative estimate of drug-likeness (QED) is 0.900. The van der Waals surface area contributed by atoms with Gasteiger partial charge < -0.3 is 4.98 Å². The Hall–Kier alpha value is -1.37. The van der Waals surface area contributed by atoms with E-state index in [2.05, 4.69) is 14.7 Å². The number of imidazole rings is 1. The Kier molecular flexibility index (Phi) is 3.70. The Bertz CT molecular complexity index is 638. The van der Waals surface area contributed by atoms with Crippen LogP contribution in [0.1, 0.15) is 11.3 Å². The van der Waals surface area contributed by atoms with Crippen LogP contribution in [0.3, 0.4) is 0 Å². The standard InChI is InChI=1S/C11H12ClN3O2S/c1-8-2-3-11(10(12)4-8)18(16,17)15-6-9-5-13-7-14-9/h2-5,7,15H,6H2,1H3,(H,13,14). The molecule has 2 aromatic rings. The van der Waals surface area contributed by atoms with Gasteiger partial charge in [0.15, 0.2) is 0 Å². The highest BCUT2D eigenvalue weighted by Crippen LogP contribution is 2.22. The molecule has 96 valence electrons. The molecule has 0 saturated carbocycles. The molecule has 0 aliphatic rings. The number of hydrogen-bond donors (Lipinski definition) is 2. The number of nitrogens with zero attached hydrogens (tertiary/aromatic N) is 1. The van der Waals surface area contributed by atoms with Crippen LogP contribution < -0.4 is 4.72 Å². The van der Waals surface area contributed by atoms with E-state index >= 15 is 0 Å². The zero-order valence-corrected chi connectivity index (χ0v) is 11.2. The van der Waals surface area contributed by atoms with Crippen molar-refractivity contribution in [3.63, 3.8) is 0 Å². The molecule has 0 aliphatic heterocycles. The highest BCUT2D eigenvalue weighted by atomic mass is 35.5. The summed E-state index contributed by atoms with van der Waals surface area (Å²) in [7, 11) is -3.61. The van der Waals surface area contributed by atoms with Crippen molar-refractivity contribution in [1.29, 1.82) is 0 Å². The molecule has 18 heavy (non-hydrogen) atoms. The molecular formula is C11H12ClN3O2S. The normalized spacial score (nSPS) is 11.7. The lowest BCUT2D eigenvalue weighted by Gasteiger charge is -2.08. The highest BCUT2D eigenvalue weighted by molar-refractivity contribution is 7.89. The number of H-pyrrole nitrogens is 1. The molecular weight excluding hydrogens is 274 g/mol. The smallest absolute Gasteiger partial charge is 0.242 e. The van der Waals surface area contributed by atoms with Gasteiger partial charge in [-0.2, -0.15) is 0 Å². The van der Waals surface area contributed by atoms with E-state index in [0.29, 0.717) is 5.69 Å². The molecule has 1 heterocycles. The zero-order valence-electron chi connectivity index (χ0n) is 9.64. The van der Waals surface area contributed by atoms with E-state index in [4.69, 9.17) is 11.6 Å². The molecule has 1 aromatic carbocycles. The van der Waals surface area contributed by atoms with Gasteiger partial charge in [-0.1, -0.05) is 17.7 Å². The Balaban J connectivity index is 2.20. The van der Waals surface area contributed by atoms with Crippen LogP contribution >= 0.6 is 11.6 Å². The van der Waals surface area contributed by atoms with Gasteiger partial charge in [0.25, 0.3) is 0 Å². The first-order chi connectivity index (χ1) is 8.49. The van der Waals surface area contributed by atoms with Crippen molar-refractivity contribution in [2.45, 2.75) is 18.4 Å². The third kappa shape index (κ3) is 2.90. The average molecular weight is 286 g/mol. The van der Waals surface area contributed by atoms with E-state index in [1.807, 2.05) is 6.92 Å². The molecule has 0 atom stereocenters. The summed E-state index contributed by atoms with van der Waals surface area (Å²) in [5, 5.41) is 0.215. The summed E-state index contributed by atoms with van der Waals surface area (Å²) >= 11 is 5.94. The molecule has 0 aliphatic carbocycles. The van der Waals surface area contributed by atoms with Crippen molar-refractivity contribution >= 4 is 21.6 Å². The van der Waals surface area contributed by atoms with Crippen molar-refractivity contribution in [3.8, 4) is 0 Å². The van der Waals surface area contributed by atoms with Gasteiger partial charge >= 0.3 is 0 Å². The molecule has 2 N–H and O–H groups in total. The topological polar surface area (TPSA) is 74.8 Å². The van der Waals surface area contributed by atoms with E-state index in [9.17, 15) is 8.42 Å². The molecule has 0 saturated heterocycles. The second kappa shape index (κ2) is 5.09. The lowest BCUT2D eigenvalue weighted by molar-refractivity contribution is 0.580. The van der Waals surface area contributed by atoms with E-state index in [0.717, 1.165) is 5.56 Å². The highest BCUT2D eigenvalue weighted by Gasteiger charge is 2.17. The monoisotopic (exact) mass is 285 g/mol. The molecule has 0 unspecified atom stereocenters. The Labute approximate surface area is 110 Å². The molecule has 0 fully saturated rings. The maximum atomic E-state index is 12.0. The molecule has 0 radical (unpaired) electrons. The molecule has 0 amide bonds. The number of rotatable bonds is 4. The van der Waals surface area contributed by atoms with Crippen molar-refractivity contribution in [2.24, 2.45) is 0 Å². The lowest BCUT2D eigenvalue weighted by Crippen LogP contribution is -2.23. The maximum Gasteiger partial charge on any atom is 0.242 e. The summed E-state index contributed by atoms with van der Waals surface area (Å²) in [6.07, 6.45) is 3.04. The number of sulfonamides is 1. The summed E-state index contributed by atoms with van der Waals surface area (Å²) in [6.45, 7) is 1.99. The number of halogens is 1. The number of aryl methyl sites for hydroxylation is 1. The van der Waals surface area contributed by atoms with Gasteiger partial charge in [-0.3, -0.25) is 0 Å². The minimum atomic E-state index is -3.61. The summed E-state index contributed by atoms with van der Waals surface area (Å²) in [5.41, 5.74) is 1.59. The van der Waals surface area contributed by atoms with Crippen LogP contribution in [-0.2, 0) is 16.6 Å². The number of benzene rings is 1. The fraction of sp³-hybridized carbons (Fsp3) is 0.182. The number of aromatic nitrogens is 2.